The molecule has 1 aliphatic heterocycles. The largest absolute Gasteiger partial charge is 0.497 e. The molecular weight excluding hydrogens is 296 g/mol. The topological polar surface area (TPSA) is 72.0 Å². The van der Waals surface area contributed by atoms with E-state index < -0.39 is 0 Å². The fraction of sp³-hybridized carbons (Fsp3) is 0.250. The van der Waals surface area contributed by atoms with E-state index in [1.165, 1.54) is 4.88 Å². The molecule has 6 heteroatoms. The van der Waals surface area contributed by atoms with Crippen molar-refractivity contribution in [3.8, 4) is 5.75 Å². The summed E-state index contributed by atoms with van der Waals surface area (Å²) in [5, 5.41) is 0.955. The Morgan fingerprint density at radius 3 is 2.73 bits per heavy atom. The lowest BCUT2D eigenvalue weighted by Crippen LogP contribution is -2.32. The van der Waals surface area contributed by atoms with E-state index in [0.29, 0.717) is 12.4 Å². The number of nitrogens with zero attached hydrogens (tertiary/aromatic N) is 2. The van der Waals surface area contributed by atoms with Crippen molar-refractivity contribution in [1.82, 2.24) is 5.43 Å². The number of fused-ring (bicyclic) bond motifs is 1. The Morgan fingerprint density at radius 2 is 2.09 bits per heavy atom. The normalized spacial score (nSPS) is 13.8. The molecule has 0 fully saturated rings. The average molecular weight is 314 g/mol. The predicted octanol–water partition coefficient (Wildman–Crippen LogP) is 2.66. The van der Waals surface area contributed by atoms with Crippen LogP contribution in [0.3, 0.4) is 0 Å². The third-order valence-electron chi connectivity index (χ3n) is 3.52. The molecule has 0 saturated carbocycles. The molecule has 1 aromatic carbocycles. The molecule has 5 nitrogen and oxygen atoms in total. The van der Waals surface area contributed by atoms with Gasteiger partial charge in [-0.15, -0.1) is 11.3 Å². The van der Waals surface area contributed by atoms with Crippen LogP contribution in [0.4, 0.5) is 5.00 Å². The van der Waals surface area contributed by atoms with Crippen molar-refractivity contribution in [1.29, 1.82) is 0 Å². The van der Waals surface area contributed by atoms with Crippen molar-refractivity contribution in [2.75, 3.05) is 13.7 Å². The SMILES string of the molecule is CCc1cc2c(s1)N=C(NN)CN=C2c1ccc(OC)cc1. The van der Waals surface area contributed by atoms with Gasteiger partial charge in [-0.3, -0.25) is 4.99 Å². The van der Waals surface area contributed by atoms with Gasteiger partial charge < -0.3 is 10.2 Å². The van der Waals surface area contributed by atoms with E-state index >= 15 is 0 Å². The smallest absolute Gasteiger partial charge is 0.139 e. The Balaban J connectivity index is 2.08. The predicted molar refractivity (Wildman–Crippen MR) is 91.6 cm³/mol. The van der Waals surface area contributed by atoms with E-state index in [1.54, 1.807) is 18.4 Å². The van der Waals surface area contributed by atoms with Crippen molar-refractivity contribution in [3.05, 3.63) is 46.3 Å². The quantitative estimate of drug-likeness (QED) is 0.676. The lowest BCUT2D eigenvalue weighted by Gasteiger charge is -2.06. The zero-order valence-corrected chi connectivity index (χ0v) is 13.4. The summed E-state index contributed by atoms with van der Waals surface area (Å²) in [7, 11) is 1.66. The van der Waals surface area contributed by atoms with Crippen LogP contribution < -0.4 is 16.0 Å². The molecule has 0 atom stereocenters. The van der Waals surface area contributed by atoms with Gasteiger partial charge in [0, 0.05) is 16.0 Å². The first-order valence-electron chi connectivity index (χ1n) is 7.11. The van der Waals surface area contributed by atoms with Crippen molar-refractivity contribution >= 4 is 27.9 Å². The number of hydrogen-bond donors (Lipinski definition) is 2. The van der Waals surface area contributed by atoms with Crippen LogP contribution in [0.5, 0.6) is 5.75 Å². The summed E-state index contributed by atoms with van der Waals surface area (Å²) >= 11 is 1.69. The highest BCUT2D eigenvalue weighted by atomic mass is 32.1. The lowest BCUT2D eigenvalue weighted by molar-refractivity contribution is 0.415. The molecule has 1 aromatic heterocycles. The van der Waals surface area contributed by atoms with E-state index in [4.69, 9.17) is 15.6 Å². The van der Waals surface area contributed by atoms with Gasteiger partial charge in [0.2, 0.25) is 0 Å². The number of aliphatic imine (C=N–C) groups is 2. The standard InChI is InChI=1S/C16H18N4OS/c1-3-12-8-13-15(10-4-6-11(21-2)7-5-10)18-9-14(20-17)19-16(13)22-12/h4-8H,3,9,17H2,1-2H3,(H,19,20). The number of methoxy groups -OCH3 is 1. The summed E-state index contributed by atoms with van der Waals surface area (Å²) < 4.78 is 5.22. The molecule has 0 spiro atoms. The highest BCUT2D eigenvalue weighted by Gasteiger charge is 2.19. The van der Waals surface area contributed by atoms with E-state index in [2.05, 4.69) is 23.4 Å². The zero-order valence-electron chi connectivity index (χ0n) is 12.6. The van der Waals surface area contributed by atoms with Gasteiger partial charge in [0.15, 0.2) is 0 Å². The zero-order chi connectivity index (χ0) is 15.5. The van der Waals surface area contributed by atoms with E-state index in [1.807, 2.05) is 24.3 Å². The van der Waals surface area contributed by atoms with Crippen molar-refractivity contribution in [2.45, 2.75) is 13.3 Å². The second-order valence-corrected chi connectivity index (χ2v) is 6.00. The number of amidine groups is 1. The fourth-order valence-electron chi connectivity index (χ4n) is 2.33. The lowest BCUT2D eigenvalue weighted by atomic mass is 10.0. The molecule has 2 heterocycles. The second kappa shape index (κ2) is 6.29. The minimum atomic E-state index is 0.445. The Bertz CT molecular complexity index is 731. The average Bonchev–Trinajstić information content (AvgIpc) is 2.89. The van der Waals surface area contributed by atoms with Crippen LogP contribution in [0.1, 0.15) is 22.9 Å². The Labute approximate surface area is 133 Å². The van der Waals surface area contributed by atoms with Gasteiger partial charge in [0.05, 0.1) is 19.4 Å². The van der Waals surface area contributed by atoms with Gasteiger partial charge in [-0.25, -0.2) is 10.8 Å². The fourth-order valence-corrected chi connectivity index (χ4v) is 3.32. The number of nitrogens with one attached hydrogen (secondary N) is 1. The molecule has 0 bridgehead atoms. The summed E-state index contributed by atoms with van der Waals surface area (Å²) in [6.07, 6.45) is 0.981. The molecule has 2 aromatic rings. The summed E-state index contributed by atoms with van der Waals surface area (Å²) in [6.45, 7) is 2.59. The van der Waals surface area contributed by atoms with Crippen LogP contribution in [0.2, 0.25) is 0 Å². The second-order valence-electron chi connectivity index (χ2n) is 4.88. The Hall–Kier alpha value is -2.18. The summed E-state index contributed by atoms with van der Waals surface area (Å²) in [4.78, 5) is 10.6. The summed E-state index contributed by atoms with van der Waals surface area (Å²) in [5.74, 6) is 7.04. The van der Waals surface area contributed by atoms with Crippen LogP contribution in [0, 0.1) is 0 Å². The highest BCUT2D eigenvalue weighted by molar-refractivity contribution is 7.16. The number of hydrazine groups is 1. The molecule has 0 radical (unpaired) electrons. The number of benzene rings is 1. The van der Waals surface area contributed by atoms with Crippen LogP contribution in [-0.4, -0.2) is 25.2 Å². The molecule has 22 heavy (non-hydrogen) atoms. The maximum absolute atomic E-state index is 5.53. The number of aryl methyl sites for hydroxylation is 1. The molecule has 0 amide bonds. The Morgan fingerprint density at radius 1 is 1.32 bits per heavy atom. The molecule has 0 unspecified atom stereocenters. The van der Waals surface area contributed by atoms with Crippen LogP contribution in [-0.2, 0) is 6.42 Å². The first kappa shape index (κ1) is 14.7. The maximum atomic E-state index is 5.53. The van der Waals surface area contributed by atoms with Crippen LogP contribution >= 0.6 is 11.3 Å². The maximum Gasteiger partial charge on any atom is 0.139 e. The van der Waals surface area contributed by atoms with Gasteiger partial charge >= 0.3 is 0 Å². The first-order valence-corrected chi connectivity index (χ1v) is 7.93. The molecule has 114 valence electrons. The number of hydrogen-bond acceptors (Lipinski definition) is 6. The third kappa shape index (κ3) is 2.75. The van der Waals surface area contributed by atoms with Gasteiger partial charge in [-0.05, 0) is 36.8 Å². The number of ether oxygens (including phenoxy) is 1. The third-order valence-corrected chi connectivity index (χ3v) is 4.69. The molecule has 3 rings (SSSR count). The molecular formula is C16H18N4OS. The molecule has 1 aliphatic rings. The molecule has 3 N–H and O–H groups in total. The number of thiophene rings is 1. The van der Waals surface area contributed by atoms with E-state index in [0.717, 1.165) is 34.0 Å². The van der Waals surface area contributed by atoms with Crippen LogP contribution in [0.25, 0.3) is 0 Å². The van der Waals surface area contributed by atoms with Gasteiger partial charge in [-0.2, -0.15) is 0 Å². The highest BCUT2D eigenvalue weighted by Crippen LogP contribution is 2.34. The molecule has 0 aliphatic carbocycles. The van der Waals surface area contributed by atoms with Gasteiger partial charge in [0.25, 0.3) is 0 Å². The minimum Gasteiger partial charge on any atom is -0.497 e. The van der Waals surface area contributed by atoms with Crippen molar-refractivity contribution in [2.24, 2.45) is 15.8 Å². The van der Waals surface area contributed by atoms with Gasteiger partial charge in [-0.1, -0.05) is 6.92 Å². The molecule has 0 saturated heterocycles. The number of rotatable bonds is 3. The van der Waals surface area contributed by atoms with E-state index in [9.17, 15) is 0 Å². The summed E-state index contributed by atoms with van der Waals surface area (Å²) in [6, 6.07) is 10.1. The van der Waals surface area contributed by atoms with E-state index in [-0.39, 0.29) is 0 Å². The minimum absolute atomic E-state index is 0.445. The number of nitrogens with two attached hydrogens (primary N) is 1. The van der Waals surface area contributed by atoms with Crippen molar-refractivity contribution in [3.63, 3.8) is 0 Å². The first-order chi connectivity index (χ1) is 10.7. The van der Waals surface area contributed by atoms with Crippen LogP contribution in [0.15, 0.2) is 40.3 Å². The Kier molecular flexibility index (Phi) is 4.22. The van der Waals surface area contributed by atoms with Crippen molar-refractivity contribution < 1.29 is 4.74 Å². The van der Waals surface area contributed by atoms with Gasteiger partial charge in [0.1, 0.15) is 16.6 Å². The monoisotopic (exact) mass is 314 g/mol. The summed E-state index contributed by atoms with van der Waals surface area (Å²) in [5.41, 5.74) is 5.70.